The highest BCUT2D eigenvalue weighted by atomic mass is 16.1. The molecule has 0 heterocycles. The molecule has 17 heavy (non-hydrogen) atoms. The Morgan fingerprint density at radius 2 is 2.06 bits per heavy atom. The van der Waals surface area contributed by atoms with Gasteiger partial charge >= 0.3 is 0 Å². The summed E-state index contributed by atoms with van der Waals surface area (Å²) in [6, 6.07) is 0. The highest BCUT2D eigenvalue weighted by Crippen LogP contribution is 2.81. The number of aldehydes is 2. The third kappa shape index (κ3) is 1.07. The molecule has 0 saturated heterocycles. The Balaban J connectivity index is 2.10. The molecule has 0 aromatic rings. The first-order chi connectivity index (χ1) is 8.03. The van der Waals surface area contributed by atoms with Crippen LogP contribution in [-0.2, 0) is 9.59 Å². The van der Waals surface area contributed by atoms with Crippen LogP contribution >= 0.6 is 0 Å². The van der Waals surface area contributed by atoms with Crippen molar-refractivity contribution in [3.05, 3.63) is 11.6 Å². The van der Waals surface area contributed by atoms with Gasteiger partial charge in [-0.1, -0.05) is 26.3 Å². The molecule has 2 saturated carbocycles. The largest absolute Gasteiger partial charge is 0.303 e. The minimum Gasteiger partial charge on any atom is -0.303 e. The van der Waals surface area contributed by atoms with Crippen molar-refractivity contribution in [2.75, 3.05) is 0 Å². The molecule has 2 nitrogen and oxygen atoms in total. The van der Waals surface area contributed by atoms with Gasteiger partial charge in [-0.25, -0.2) is 0 Å². The van der Waals surface area contributed by atoms with Gasteiger partial charge in [0, 0.05) is 5.92 Å². The molecule has 4 atom stereocenters. The zero-order valence-electron chi connectivity index (χ0n) is 10.7. The van der Waals surface area contributed by atoms with Crippen molar-refractivity contribution in [2.45, 2.75) is 46.0 Å². The molecule has 0 bridgehead atoms. The fourth-order valence-corrected chi connectivity index (χ4v) is 5.07. The van der Waals surface area contributed by atoms with Crippen molar-refractivity contribution in [2.24, 2.45) is 22.2 Å². The number of rotatable bonds is 2. The third-order valence-corrected chi connectivity index (χ3v) is 6.24. The number of carbonyl (C=O) groups is 2. The molecule has 2 unspecified atom stereocenters. The van der Waals surface area contributed by atoms with Crippen LogP contribution in [0.2, 0.25) is 0 Å². The van der Waals surface area contributed by atoms with E-state index >= 15 is 0 Å². The van der Waals surface area contributed by atoms with Gasteiger partial charge in [0.15, 0.2) is 0 Å². The van der Waals surface area contributed by atoms with Crippen LogP contribution in [0.4, 0.5) is 0 Å². The van der Waals surface area contributed by atoms with E-state index in [-0.39, 0.29) is 11.3 Å². The lowest BCUT2D eigenvalue weighted by Crippen LogP contribution is -2.46. The maximum atomic E-state index is 11.5. The lowest BCUT2D eigenvalue weighted by molar-refractivity contribution is -0.120. The van der Waals surface area contributed by atoms with Gasteiger partial charge in [0.1, 0.15) is 12.6 Å². The van der Waals surface area contributed by atoms with Crippen molar-refractivity contribution >= 4 is 12.6 Å². The van der Waals surface area contributed by atoms with Gasteiger partial charge < -0.3 is 4.79 Å². The van der Waals surface area contributed by atoms with Gasteiger partial charge in [-0.05, 0) is 47.5 Å². The summed E-state index contributed by atoms with van der Waals surface area (Å²) < 4.78 is 0. The monoisotopic (exact) mass is 232 g/mol. The number of carbonyl (C=O) groups excluding carboxylic acids is 2. The van der Waals surface area contributed by atoms with E-state index < -0.39 is 0 Å². The van der Waals surface area contributed by atoms with Crippen LogP contribution < -0.4 is 0 Å². The van der Waals surface area contributed by atoms with Gasteiger partial charge in [-0.2, -0.15) is 0 Å². The zero-order valence-corrected chi connectivity index (χ0v) is 10.7. The Morgan fingerprint density at radius 3 is 2.71 bits per heavy atom. The Bertz CT molecular complexity index is 425. The molecule has 92 valence electrons. The highest BCUT2D eigenvalue weighted by Gasteiger charge is 2.74. The van der Waals surface area contributed by atoms with Crippen LogP contribution in [0, 0.1) is 22.2 Å². The molecule has 1 spiro atoms. The van der Waals surface area contributed by atoms with E-state index in [1.54, 1.807) is 0 Å². The molecule has 2 fully saturated rings. The average Bonchev–Trinajstić information content (AvgIpc) is 2.92. The fourth-order valence-electron chi connectivity index (χ4n) is 5.07. The predicted octanol–water partition coefficient (Wildman–Crippen LogP) is 2.92. The molecule has 0 aliphatic heterocycles. The molecule has 0 radical (unpaired) electrons. The van der Waals surface area contributed by atoms with Crippen molar-refractivity contribution < 1.29 is 9.59 Å². The number of hydrogen-bond acceptors (Lipinski definition) is 2. The smallest absolute Gasteiger partial charge is 0.146 e. The van der Waals surface area contributed by atoms with Gasteiger partial charge in [0.2, 0.25) is 0 Å². The molecule has 3 aliphatic carbocycles. The third-order valence-electron chi connectivity index (χ3n) is 6.24. The van der Waals surface area contributed by atoms with Gasteiger partial charge in [0.25, 0.3) is 0 Å². The maximum Gasteiger partial charge on any atom is 0.146 e. The highest BCUT2D eigenvalue weighted by molar-refractivity contribution is 5.82. The van der Waals surface area contributed by atoms with E-state index in [0.717, 1.165) is 31.0 Å². The summed E-state index contributed by atoms with van der Waals surface area (Å²) in [5.74, 6) is -0.170. The molecule has 2 heteroatoms. The summed E-state index contributed by atoms with van der Waals surface area (Å²) in [5, 5.41) is 0. The van der Waals surface area contributed by atoms with Crippen molar-refractivity contribution in [3.8, 4) is 0 Å². The Kier molecular flexibility index (Phi) is 2.04. The van der Waals surface area contributed by atoms with E-state index in [1.165, 1.54) is 19.3 Å². The van der Waals surface area contributed by atoms with Crippen molar-refractivity contribution in [1.29, 1.82) is 0 Å². The van der Waals surface area contributed by atoms with Gasteiger partial charge in [-0.15, -0.1) is 0 Å². The molecule has 0 aromatic carbocycles. The molecular weight excluding hydrogens is 212 g/mol. The normalized spacial score (nSPS) is 51.9. The predicted molar refractivity (Wildman–Crippen MR) is 65.4 cm³/mol. The minimum absolute atomic E-state index is 0.0206. The second-order valence-corrected chi connectivity index (χ2v) is 6.73. The van der Waals surface area contributed by atoms with Crippen LogP contribution in [-0.4, -0.2) is 12.6 Å². The van der Waals surface area contributed by atoms with Crippen LogP contribution in [0.3, 0.4) is 0 Å². The van der Waals surface area contributed by atoms with E-state index in [9.17, 15) is 9.59 Å². The summed E-state index contributed by atoms with van der Waals surface area (Å²) in [5.41, 5.74) is 1.47. The topological polar surface area (TPSA) is 34.1 Å². The Labute approximate surface area is 102 Å². The first kappa shape index (κ1) is 11.2. The second-order valence-electron chi connectivity index (χ2n) is 6.73. The second kappa shape index (κ2) is 3.09. The van der Waals surface area contributed by atoms with Gasteiger partial charge in [-0.3, -0.25) is 4.79 Å². The summed E-state index contributed by atoms with van der Waals surface area (Å²) in [7, 11) is 0. The average molecular weight is 232 g/mol. The van der Waals surface area contributed by atoms with Crippen molar-refractivity contribution in [3.63, 3.8) is 0 Å². The lowest BCUT2D eigenvalue weighted by atomic mass is 9.52. The van der Waals surface area contributed by atoms with Crippen molar-refractivity contribution in [1.82, 2.24) is 0 Å². The molecule has 0 amide bonds. The molecule has 3 aliphatic rings. The van der Waals surface area contributed by atoms with Crippen LogP contribution in [0.15, 0.2) is 11.6 Å². The van der Waals surface area contributed by atoms with E-state index in [4.69, 9.17) is 0 Å². The summed E-state index contributed by atoms with van der Waals surface area (Å²) >= 11 is 0. The van der Waals surface area contributed by atoms with E-state index in [1.807, 2.05) is 6.08 Å². The van der Waals surface area contributed by atoms with Gasteiger partial charge in [0.05, 0.1) is 0 Å². The quantitative estimate of drug-likeness (QED) is 0.686. The van der Waals surface area contributed by atoms with E-state index in [0.29, 0.717) is 10.8 Å². The number of allylic oxidation sites excluding steroid dienone is 2. The van der Waals surface area contributed by atoms with E-state index in [2.05, 4.69) is 13.8 Å². The molecule has 0 aromatic heterocycles. The summed E-state index contributed by atoms with van der Waals surface area (Å²) in [4.78, 5) is 22.6. The molecular formula is C15H20O2. The molecule has 3 rings (SSSR count). The summed E-state index contributed by atoms with van der Waals surface area (Å²) in [6.07, 6.45) is 9.77. The van der Waals surface area contributed by atoms with Crippen LogP contribution in [0.1, 0.15) is 46.0 Å². The Hall–Kier alpha value is -0.920. The summed E-state index contributed by atoms with van der Waals surface area (Å²) in [6.45, 7) is 4.61. The SMILES string of the molecule is CC12CCC[C@@]3(C)C[C@@]13CC=C(C=O)C2C=O. The van der Waals surface area contributed by atoms with Crippen LogP contribution in [0.25, 0.3) is 0 Å². The zero-order chi connectivity index (χ0) is 12.3. The standard InChI is InChI=1S/C15H20O2/c1-13-5-3-6-14(2)12(9-17)11(8-16)4-7-15(13,14)10-13/h4,8-9,12H,3,5-7,10H2,1-2H3/t12?,13-,14?,15+/m0/s1. The van der Waals surface area contributed by atoms with Crippen LogP contribution in [0.5, 0.6) is 0 Å². The first-order valence-corrected chi connectivity index (χ1v) is 6.64. The Morgan fingerprint density at radius 1 is 1.29 bits per heavy atom. The maximum absolute atomic E-state index is 11.5. The first-order valence-electron chi connectivity index (χ1n) is 6.64. The molecule has 0 N–H and O–H groups in total. The minimum atomic E-state index is -0.170. The number of hydrogen-bond donors (Lipinski definition) is 0. The lowest BCUT2D eigenvalue weighted by Gasteiger charge is -2.50. The fraction of sp³-hybridized carbons (Fsp3) is 0.733.